The molecule has 0 aliphatic carbocycles. The predicted octanol–water partition coefficient (Wildman–Crippen LogP) is 2.83. The zero-order valence-corrected chi connectivity index (χ0v) is 9.10. The van der Waals surface area contributed by atoms with Crippen molar-refractivity contribution in [3.8, 4) is 24.7 Å². The molecule has 0 unspecified atom stereocenters. The first-order valence-corrected chi connectivity index (χ1v) is 4.88. The Morgan fingerprint density at radius 2 is 1.31 bits per heavy atom. The summed E-state index contributed by atoms with van der Waals surface area (Å²) in [6.07, 6.45) is 24.5. The number of hydrogen-bond donors (Lipinski definition) is 0. The van der Waals surface area contributed by atoms with Gasteiger partial charge in [0.15, 0.2) is 0 Å². The lowest BCUT2D eigenvalue weighted by molar-refractivity contribution is -0.117. The highest BCUT2D eigenvalue weighted by atomic mass is 16.1. The van der Waals surface area contributed by atoms with Crippen LogP contribution in [0.2, 0.25) is 0 Å². The molecule has 0 bridgehead atoms. The van der Waals surface area contributed by atoms with Gasteiger partial charge in [-0.05, 0) is 12.2 Å². The summed E-state index contributed by atoms with van der Waals surface area (Å²) in [7, 11) is 0. The van der Waals surface area contributed by atoms with Crippen LogP contribution in [-0.2, 0) is 4.79 Å². The number of Topliss-reactive ketones (excluding diaryl/α,β-unsaturated/α-hetero) is 1. The van der Waals surface area contributed by atoms with Crippen LogP contribution in [0.15, 0.2) is 48.6 Å². The van der Waals surface area contributed by atoms with Crippen LogP contribution >= 0.6 is 0 Å². The van der Waals surface area contributed by atoms with Gasteiger partial charge in [0.2, 0.25) is 0 Å². The van der Waals surface area contributed by atoms with Crippen LogP contribution < -0.4 is 0 Å². The molecule has 0 aliphatic rings. The van der Waals surface area contributed by atoms with Crippen LogP contribution in [0.1, 0.15) is 12.8 Å². The Hall–Kier alpha value is -2.25. The summed E-state index contributed by atoms with van der Waals surface area (Å²) in [5.74, 6) is 4.86. The smallest absolute Gasteiger partial charge is 0.140 e. The van der Waals surface area contributed by atoms with Crippen LogP contribution in [0.5, 0.6) is 0 Å². The first kappa shape index (κ1) is 13.8. The summed E-state index contributed by atoms with van der Waals surface area (Å²) in [5.41, 5.74) is 0. The molecule has 0 saturated heterocycles. The predicted molar refractivity (Wildman–Crippen MR) is 68.5 cm³/mol. The molecule has 0 fully saturated rings. The lowest BCUT2D eigenvalue weighted by Gasteiger charge is -1.88. The van der Waals surface area contributed by atoms with Gasteiger partial charge < -0.3 is 0 Å². The van der Waals surface area contributed by atoms with Crippen molar-refractivity contribution in [2.75, 3.05) is 0 Å². The normalized spacial score (nSPS) is 11.4. The molecular weight excluding hydrogens is 196 g/mol. The van der Waals surface area contributed by atoms with Gasteiger partial charge in [0, 0.05) is 12.8 Å². The van der Waals surface area contributed by atoms with E-state index in [1.807, 2.05) is 0 Å². The molecular formula is C15H14O. The van der Waals surface area contributed by atoms with Crippen molar-refractivity contribution in [2.24, 2.45) is 0 Å². The van der Waals surface area contributed by atoms with E-state index in [0.717, 1.165) is 0 Å². The average molecular weight is 210 g/mol. The highest BCUT2D eigenvalue weighted by Gasteiger charge is 1.93. The van der Waals surface area contributed by atoms with Crippen LogP contribution in [0.4, 0.5) is 0 Å². The summed E-state index contributed by atoms with van der Waals surface area (Å²) in [4.78, 5) is 11.3. The molecule has 0 saturated carbocycles. The maximum absolute atomic E-state index is 11.3. The Kier molecular flexibility index (Phi) is 9.31. The van der Waals surface area contributed by atoms with Crippen LogP contribution in [0.3, 0.4) is 0 Å². The Balaban J connectivity index is 3.77. The minimum absolute atomic E-state index is 0.149. The van der Waals surface area contributed by atoms with Crippen LogP contribution in [0.25, 0.3) is 0 Å². The summed E-state index contributed by atoms with van der Waals surface area (Å²) in [5, 5.41) is 0. The van der Waals surface area contributed by atoms with E-state index in [9.17, 15) is 4.79 Å². The number of carbonyl (C=O) groups is 1. The van der Waals surface area contributed by atoms with Crippen molar-refractivity contribution < 1.29 is 4.79 Å². The Bertz CT molecular complexity index is 354. The molecule has 1 heteroatoms. The van der Waals surface area contributed by atoms with Gasteiger partial charge in [-0.25, -0.2) is 0 Å². The number of rotatable bonds is 6. The van der Waals surface area contributed by atoms with E-state index in [-0.39, 0.29) is 5.78 Å². The molecule has 1 nitrogen and oxygen atoms in total. The van der Waals surface area contributed by atoms with E-state index in [2.05, 4.69) is 11.8 Å². The highest BCUT2D eigenvalue weighted by molar-refractivity contribution is 5.81. The topological polar surface area (TPSA) is 17.1 Å². The Labute approximate surface area is 97.3 Å². The fourth-order valence-corrected chi connectivity index (χ4v) is 0.862. The van der Waals surface area contributed by atoms with Crippen molar-refractivity contribution in [3.63, 3.8) is 0 Å². The van der Waals surface area contributed by atoms with E-state index >= 15 is 0 Å². The van der Waals surface area contributed by atoms with Crippen molar-refractivity contribution in [3.05, 3.63) is 48.6 Å². The van der Waals surface area contributed by atoms with Gasteiger partial charge in [-0.3, -0.25) is 4.79 Å². The molecule has 0 radical (unpaired) electrons. The monoisotopic (exact) mass is 210 g/mol. The molecule has 0 aromatic carbocycles. The third kappa shape index (κ3) is 9.84. The molecule has 0 aromatic rings. The summed E-state index contributed by atoms with van der Waals surface area (Å²) >= 11 is 0. The average Bonchev–Trinajstić information content (AvgIpc) is 2.28. The summed E-state index contributed by atoms with van der Waals surface area (Å²) in [6, 6.07) is 0. The second-order valence-electron chi connectivity index (χ2n) is 2.85. The van der Waals surface area contributed by atoms with E-state index in [0.29, 0.717) is 12.8 Å². The number of allylic oxidation sites excluding steroid dienone is 8. The maximum atomic E-state index is 11.3. The molecule has 80 valence electrons. The molecule has 0 spiro atoms. The zero-order chi connectivity index (χ0) is 12.1. The molecule has 0 rings (SSSR count). The van der Waals surface area contributed by atoms with Crippen molar-refractivity contribution in [1.29, 1.82) is 0 Å². The maximum Gasteiger partial charge on any atom is 0.140 e. The zero-order valence-electron chi connectivity index (χ0n) is 9.10. The number of ketones is 1. The van der Waals surface area contributed by atoms with Gasteiger partial charge in [-0.2, -0.15) is 0 Å². The van der Waals surface area contributed by atoms with Crippen molar-refractivity contribution >= 4 is 5.78 Å². The Morgan fingerprint density at radius 3 is 1.69 bits per heavy atom. The largest absolute Gasteiger partial charge is 0.299 e. The molecule has 0 heterocycles. The minimum Gasteiger partial charge on any atom is -0.299 e. The van der Waals surface area contributed by atoms with E-state index < -0.39 is 0 Å². The van der Waals surface area contributed by atoms with E-state index in [4.69, 9.17) is 12.8 Å². The van der Waals surface area contributed by atoms with E-state index in [1.165, 1.54) is 0 Å². The summed E-state index contributed by atoms with van der Waals surface area (Å²) < 4.78 is 0. The fraction of sp³-hybridized carbons (Fsp3) is 0.133. The molecule has 0 atom stereocenters. The van der Waals surface area contributed by atoms with Gasteiger partial charge in [0.1, 0.15) is 5.78 Å². The summed E-state index contributed by atoms with van der Waals surface area (Å²) in [6.45, 7) is 0. The molecule has 16 heavy (non-hydrogen) atoms. The van der Waals surface area contributed by atoms with Gasteiger partial charge in [-0.1, -0.05) is 48.3 Å². The molecule has 0 amide bonds. The minimum atomic E-state index is 0.149. The van der Waals surface area contributed by atoms with E-state index in [1.54, 1.807) is 48.6 Å². The second kappa shape index (κ2) is 10.8. The Morgan fingerprint density at radius 1 is 0.875 bits per heavy atom. The lowest BCUT2D eigenvalue weighted by Crippen LogP contribution is -1.91. The molecule has 0 aromatic heterocycles. The number of hydrogen-bond acceptors (Lipinski definition) is 1. The van der Waals surface area contributed by atoms with Gasteiger partial charge in [-0.15, -0.1) is 12.8 Å². The fourth-order valence-electron chi connectivity index (χ4n) is 0.862. The van der Waals surface area contributed by atoms with Crippen molar-refractivity contribution in [2.45, 2.75) is 12.8 Å². The van der Waals surface area contributed by atoms with Gasteiger partial charge in [0.25, 0.3) is 0 Å². The molecule has 0 aliphatic heterocycles. The number of terminal acetylenes is 2. The SMILES string of the molecule is C#C/C=C\C=C/CC(=O)C/C=C\C=C/C#C. The third-order valence-electron chi connectivity index (χ3n) is 1.57. The number of carbonyl (C=O) groups excluding carboxylic acids is 1. The van der Waals surface area contributed by atoms with Gasteiger partial charge in [0.05, 0.1) is 0 Å². The molecule has 0 N–H and O–H groups in total. The van der Waals surface area contributed by atoms with Gasteiger partial charge >= 0.3 is 0 Å². The first-order valence-electron chi connectivity index (χ1n) is 4.88. The standard InChI is InChI=1S/C15H14O/c1-3-5-7-9-11-13-15(16)14-12-10-8-6-4-2/h1-2,5-12H,13-14H2/b7-5-,8-6-,11-9-,12-10-. The van der Waals surface area contributed by atoms with Crippen LogP contribution in [0, 0.1) is 24.7 Å². The second-order valence-corrected chi connectivity index (χ2v) is 2.85. The lowest BCUT2D eigenvalue weighted by atomic mass is 10.2. The van der Waals surface area contributed by atoms with Crippen LogP contribution in [-0.4, -0.2) is 5.78 Å². The van der Waals surface area contributed by atoms with Crippen molar-refractivity contribution in [1.82, 2.24) is 0 Å². The highest BCUT2D eigenvalue weighted by Crippen LogP contribution is 1.94. The first-order chi connectivity index (χ1) is 7.81. The quantitative estimate of drug-likeness (QED) is 0.486. The third-order valence-corrected chi connectivity index (χ3v) is 1.57.